The van der Waals surface area contributed by atoms with E-state index in [4.69, 9.17) is 19.7 Å². The Hall–Kier alpha value is -1.66. The fraction of sp³-hybridized carbons (Fsp3) is 0.455. The second-order valence-corrected chi connectivity index (χ2v) is 3.34. The molecule has 0 aliphatic carbocycles. The number of carboxylic acids is 2. The molecule has 0 aliphatic rings. The van der Waals surface area contributed by atoms with E-state index in [0.717, 1.165) is 0 Å². The van der Waals surface area contributed by atoms with Crippen molar-refractivity contribution in [1.29, 1.82) is 0 Å². The lowest BCUT2D eigenvalue weighted by molar-refractivity contribution is -0.133. The molecule has 0 aromatic carbocycles. The minimum Gasteiger partial charge on any atom is -0.478 e. The van der Waals surface area contributed by atoms with Crippen LogP contribution in [-0.2, 0) is 19.1 Å². The first-order chi connectivity index (χ1) is 7.88. The molecular formula is C11H16O6. The minimum atomic E-state index is -1.17. The molecular weight excluding hydrogens is 228 g/mol. The van der Waals surface area contributed by atoms with Crippen molar-refractivity contribution in [2.75, 3.05) is 20.3 Å². The Morgan fingerprint density at radius 1 is 1.29 bits per heavy atom. The van der Waals surface area contributed by atoms with E-state index in [9.17, 15) is 9.59 Å². The Balaban J connectivity index is 4.30. The zero-order chi connectivity index (χ0) is 13.4. The standard InChI is InChI=1S/C11H16O6/c1-7(10(12)13)5-17-6-9(11(14)15)4-8(2)16-3/h4,8H,1,5-6H2,2-3H3,(H,12,13)(H,14,15)/b9-4-. The van der Waals surface area contributed by atoms with Crippen LogP contribution in [0.4, 0.5) is 0 Å². The summed E-state index contributed by atoms with van der Waals surface area (Å²) >= 11 is 0. The van der Waals surface area contributed by atoms with E-state index in [1.54, 1.807) is 6.92 Å². The highest BCUT2D eigenvalue weighted by molar-refractivity contribution is 5.87. The average molecular weight is 244 g/mol. The van der Waals surface area contributed by atoms with Gasteiger partial charge in [-0.25, -0.2) is 9.59 Å². The highest BCUT2D eigenvalue weighted by atomic mass is 16.5. The van der Waals surface area contributed by atoms with Crippen LogP contribution in [0.3, 0.4) is 0 Å². The second kappa shape index (κ2) is 7.59. The number of carbonyl (C=O) groups is 2. The topological polar surface area (TPSA) is 93.1 Å². The molecule has 0 fully saturated rings. The van der Waals surface area contributed by atoms with Crippen LogP contribution in [0.5, 0.6) is 0 Å². The molecule has 0 amide bonds. The molecule has 0 saturated carbocycles. The molecule has 0 aromatic heterocycles. The van der Waals surface area contributed by atoms with Crippen molar-refractivity contribution >= 4 is 11.9 Å². The highest BCUT2D eigenvalue weighted by Crippen LogP contribution is 2.02. The first-order valence-electron chi connectivity index (χ1n) is 4.84. The van der Waals surface area contributed by atoms with Gasteiger partial charge in [-0.15, -0.1) is 0 Å². The number of ether oxygens (including phenoxy) is 2. The highest BCUT2D eigenvalue weighted by Gasteiger charge is 2.11. The monoisotopic (exact) mass is 244 g/mol. The summed E-state index contributed by atoms with van der Waals surface area (Å²) in [6, 6.07) is 0. The zero-order valence-electron chi connectivity index (χ0n) is 9.80. The zero-order valence-corrected chi connectivity index (χ0v) is 9.80. The Kier molecular flexibility index (Phi) is 6.85. The molecule has 0 spiro atoms. The average Bonchev–Trinajstić information content (AvgIpc) is 2.26. The minimum absolute atomic E-state index is 0.0116. The molecule has 17 heavy (non-hydrogen) atoms. The molecule has 1 unspecified atom stereocenters. The summed E-state index contributed by atoms with van der Waals surface area (Å²) in [5.41, 5.74) is -0.118. The van der Waals surface area contributed by atoms with Gasteiger partial charge >= 0.3 is 11.9 Å². The van der Waals surface area contributed by atoms with E-state index >= 15 is 0 Å². The SMILES string of the molecule is C=C(COC/C(=C/C(C)OC)C(=O)O)C(=O)O. The van der Waals surface area contributed by atoms with Gasteiger partial charge in [-0.2, -0.15) is 0 Å². The largest absolute Gasteiger partial charge is 0.478 e. The van der Waals surface area contributed by atoms with E-state index in [1.807, 2.05) is 0 Å². The quantitative estimate of drug-likeness (QED) is 0.610. The predicted molar refractivity (Wildman–Crippen MR) is 59.8 cm³/mol. The number of rotatable bonds is 8. The van der Waals surface area contributed by atoms with Crippen LogP contribution in [0.25, 0.3) is 0 Å². The molecule has 2 N–H and O–H groups in total. The molecule has 6 heteroatoms. The fourth-order valence-corrected chi connectivity index (χ4v) is 0.878. The molecule has 0 bridgehead atoms. The molecule has 6 nitrogen and oxygen atoms in total. The van der Waals surface area contributed by atoms with Crippen LogP contribution < -0.4 is 0 Å². The summed E-state index contributed by atoms with van der Waals surface area (Å²) in [4.78, 5) is 21.2. The normalized spacial score (nSPS) is 13.2. The second-order valence-electron chi connectivity index (χ2n) is 3.34. The van der Waals surface area contributed by atoms with Gasteiger partial charge in [0, 0.05) is 7.11 Å². The maximum Gasteiger partial charge on any atom is 0.333 e. The maximum absolute atomic E-state index is 10.8. The molecule has 0 radical (unpaired) electrons. The van der Waals surface area contributed by atoms with Crippen LogP contribution in [0, 0.1) is 0 Å². The van der Waals surface area contributed by atoms with Gasteiger partial charge in [0.05, 0.1) is 30.5 Å². The molecule has 1 atom stereocenters. The third kappa shape index (κ3) is 6.49. The first-order valence-corrected chi connectivity index (χ1v) is 4.84. The summed E-state index contributed by atoms with van der Waals surface area (Å²) in [5.74, 6) is -2.30. The van der Waals surface area contributed by atoms with Crippen molar-refractivity contribution in [3.05, 3.63) is 23.8 Å². The molecule has 0 aromatic rings. The van der Waals surface area contributed by atoms with Gasteiger partial charge < -0.3 is 19.7 Å². The third-order valence-corrected chi connectivity index (χ3v) is 1.92. The Labute approximate surface area is 99.1 Å². The van der Waals surface area contributed by atoms with E-state index in [-0.39, 0.29) is 30.5 Å². The van der Waals surface area contributed by atoms with E-state index in [0.29, 0.717) is 0 Å². The molecule has 0 rings (SSSR count). The van der Waals surface area contributed by atoms with Gasteiger partial charge in [-0.3, -0.25) is 0 Å². The Morgan fingerprint density at radius 2 is 1.88 bits per heavy atom. The third-order valence-electron chi connectivity index (χ3n) is 1.92. The number of hydrogen-bond donors (Lipinski definition) is 2. The van der Waals surface area contributed by atoms with Crippen molar-refractivity contribution < 1.29 is 29.3 Å². The van der Waals surface area contributed by atoms with Gasteiger partial charge in [0.15, 0.2) is 0 Å². The molecule has 0 saturated heterocycles. The van der Waals surface area contributed by atoms with E-state index < -0.39 is 11.9 Å². The Bertz CT molecular complexity index is 331. The van der Waals surface area contributed by atoms with Crippen molar-refractivity contribution in [2.24, 2.45) is 0 Å². The number of aliphatic carboxylic acids is 2. The van der Waals surface area contributed by atoms with Crippen molar-refractivity contribution in [1.82, 2.24) is 0 Å². The van der Waals surface area contributed by atoms with Crippen LogP contribution in [0.1, 0.15) is 6.92 Å². The van der Waals surface area contributed by atoms with Crippen LogP contribution in [0.15, 0.2) is 23.8 Å². The van der Waals surface area contributed by atoms with Crippen molar-refractivity contribution in [3.63, 3.8) is 0 Å². The van der Waals surface area contributed by atoms with Gasteiger partial charge in [0.1, 0.15) is 0 Å². The van der Waals surface area contributed by atoms with Gasteiger partial charge in [-0.05, 0) is 13.0 Å². The van der Waals surface area contributed by atoms with Crippen molar-refractivity contribution in [3.8, 4) is 0 Å². The van der Waals surface area contributed by atoms with Crippen LogP contribution in [-0.4, -0.2) is 48.6 Å². The number of carboxylic acid groups (broad SMARTS) is 2. The summed E-state index contributed by atoms with van der Waals surface area (Å²) in [7, 11) is 1.45. The first kappa shape index (κ1) is 15.3. The number of hydrogen-bond acceptors (Lipinski definition) is 4. The molecule has 96 valence electrons. The Morgan fingerprint density at radius 3 is 2.29 bits per heavy atom. The fourth-order valence-electron chi connectivity index (χ4n) is 0.878. The lowest BCUT2D eigenvalue weighted by atomic mass is 10.2. The summed E-state index contributed by atoms with van der Waals surface area (Å²) in [6.45, 7) is 4.52. The maximum atomic E-state index is 10.8. The summed E-state index contributed by atoms with van der Waals surface area (Å²) < 4.78 is 9.83. The number of methoxy groups -OCH3 is 1. The van der Waals surface area contributed by atoms with E-state index in [1.165, 1.54) is 13.2 Å². The lowest BCUT2D eigenvalue weighted by Crippen LogP contribution is -2.14. The molecule has 0 aliphatic heterocycles. The molecule has 0 heterocycles. The predicted octanol–water partition coefficient (Wildman–Crippen LogP) is 0.690. The van der Waals surface area contributed by atoms with Crippen LogP contribution >= 0.6 is 0 Å². The van der Waals surface area contributed by atoms with Crippen molar-refractivity contribution in [2.45, 2.75) is 13.0 Å². The summed E-state index contributed by atoms with van der Waals surface area (Å²) in [5, 5.41) is 17.4. The van der Waals surface area contributed by atoms with E-state index in [2.05, 4.69) is 6.58 Å². The van der Waals surface area contributed by atoms with Gasteiger partial charge in [0.2, 0.25) is 0 Å². The van der Waals surface area contributed by atoms with Gasteiger partial charge in [-0.1, -0.05) is 6.58 Å². The van der Waals surface area contributed by atoms with Crippen LogP contribution in [0.2, 0.25) is 0 Å². The smallest absolute Gasteiger partial charge is 0.333 e. The van der Waals surface area contributed by atoms with Gasteiger partial charge in [0.25, 0.3) is 0 Å². The lowest BCUT2D eigenvalue weighted by Gasteiger charge is -2.08. The summed E-state index contributed by atoms with van der Waals surface area (Å²) in [6.07, 6.45) is 1.04.